The summed E-state index contributed by atoms with van der Waals surface area (Å²) in [6.45, 7) is 1.50. The summed E-state index contributed by atoms with van der Waals surface area (Å²) in [5.74, 6) is 0.672. The van der Waals surface area contributed by atoms with Gasteiger partial charge in [0, 0.05) is 32.4 Å². The van der Waals surface area contributed by atoms with Crippen LogP contribution in [0.4, 0.5) is 0 Å². The Morgan fingerprint density at radius 3 is 2.70 bits per heavy atom. The number of carbonyl (C=O) groups excluding carboxylic acids is 2. The van der Waals surface area contributed by atoms with Gasteiger partial charge in [-0.3, -0.25) is 9.59 Å². The van der Waals surface area contributed by atoms with Crippen molar-refractivity contribution < 1.29 is 28.5 Å². The topological polar surface area (TPSA) is 74.3 Å². The van der Waals surface area contributed by atoms with Crippen LogP contribution in [-0.4, -0.2) is 57.5 Å². The number of carbonyl (C=O) groups is 2. The van der Waals surface area contributed by atoms with Crippen LogP contribution in [0.5, 0.6) is 11.5 Å². The lowest BCUT2D eigenvalue weighted by Gasteiger charge is -2.22. The van der Waals surface area contributed by atoms with Gasteiger partial charge < -0.3 is 23.8 Å². The molecule has 0 atom stereocenters. The molecule has 0 saturated heterocycles. The van der Waals surface area contributed by atoms with Gasteiger partial charge in [0.1, 0.15) is 0 Å². The molecule has 0 spiro atoms. The lowest BCUT2D eigenvalue weighted by Crippen LogP contribution is -2.34. The van der Waals surface area contributed by atoms with E-state index in [0.29, 0.717) is 43.2 Å². The van der Waals surface area contributed by atoms with E-state index in [0.717, 1.165) is 0 Å². The molecule has 0 N–H and O–H groups in total. The summed E-state index contributed by atoms with van der Waals surface area (Å²) in [4.78, 5) is 25.6. The summed E-state index contributed by atoms with van der Waals surface area (Å²) in [6.07, 6.45) is 0.841. The fourth-order valence-electron chi connectivity index (χ4n) is 2.26. The van der Waals surface area contributed by atoms with Crippen LogP contribution in [0.25, 0.3) is 0 Å². The largest absolute Gasteiger partial charge is 0.469 e. The first-order chi connectivity index (χ1) is 11.2. The average molecular weight is 323 g/mol. The molecule has 7 heteroatoms. The fourth-order valence-corrected chi connectivity index (χ4v) is 2.26. The number of hydrogen-bond acceptors (Lipinski definition) is 6. The minimum absolute atomic E-state index is 0.153. The third kappa shape index (κ3) is 4.59. The van der Waals surface area contributed by atoms with Crippen LogP contribution >= 0.6 is 0 Å². The Balaban J connectivity index is 2.06. The molecular formula is C16H21NO6. The van der Waals surface area contributed by atoms with Gasteiger partial charge >= 0.3 is 5.97 Å². The second-order valence-electron chi connectivity index (χ2n) is 5.03. The van der Waals surface area contributed by atoms with Gasteiger partial charge in [-0.2, -0.15) is 0 Å². The van der Waals surface area contributed by atoms with Crippen molar-refractivity contribution in [3.63, 3.8) is 0 Å². The zero-order valence-electron chi connectivity index (χ0n) is 13.4. The molecule has 0 aliphatic carbocycles. The number of fused-ring (bicyclic) bond motifs is 1. The van der Waals surface area contributed by atoms with E-state index in [4.69, 9.17) is 14.2 Å². The Bertz CT molecular complexity index is 560. The smallest absolute Gasteiger partial charge is 0.307 e. The normalized spacial score (nSPS) is 12.1. The summed E-state index contributed by atoms with van der Waals surface area (Å²) in [5, 5.41) is 0. The summed E-state index contributed by atoms with van der Waals surface area (Å²) < 4.78 is 20.2. The van der Waals surface area contributed by atoms with Gasteiger partial charge in [-0.05, 0) is 24.6 Å². The molecule has 23 heavy (non-hydrogen) atoms. The zero-order chi connectivity index (χ0) is 16.7. The van der Waals surface area contributed by atoms with Crippen molar-refractivity contribution in [2.24, 2.45) is 0 Å². The molecule has 126 valence electrons. The molecule has 2 rings (SSSR count). The van der Waals surface area contributed by atoms with Gasteiger partial charge in [-0.1, -0.05) is 0 Å². The Morgan fingerprint density at radius 1 is 1.17 bits per heavy atom. The molecular weight excluding hydrogens is 302 g/mol. The maximum absolute atomic E-state index is 12.7. The quantitative estimate of drug-likeness (QED) is 0.532. The minimum atomic E-state index is -0.347. The van der Waals surface area contributed by atoms with E-state index in [9.17, 15) is 9.59 Å². The highest BCUT2D eigenvalue weighted by Crippen LogP contribution is 2.32. The number of esters is 1. The van der Waals surface area contributed by atoms with E-state index < -0.39 is 0 Å². The number of nitrogens with zero attached hydrogens (tertiary/aromatic N) is 1. The molecule has 1 aliphatic heterocycles. The van der Waals surface area contributed by atoms with Crippen molar-refractivity contribution in [2.75, 3.05) is 40.7 Å². The SMILES string of the molecule is COCCCN(CCC(=O)OC)C(=O)c1ccc2c(c1)OCO2. The monoisotopic (exact) mass is 323 g/mol. The van der Waals surface area contributed by atoms with E-state index in [1.165, 1.54) is 7.11 Å². The van der Waals surface area contributed by atoms with E-state index in [2.05, 4.69) is 4.74 Å². The molecule has 1 heterocycles. The van der Waals surface area contributed by atoms with Crippen LogP contribution in [0.2, 0.25) is 0 Å². The second kappa shape index (κ2) is 8.38. The van der Waals surface area contributed by atoms with E-state index in [-0.39, 0.29) is 25.1 Å². The standard InChI is InChI=1S/C16H21NO6/c1-20-9-3-7-17(8-6-15(18)21-2)16(19)12-4-5-13-14(10-12)23-11-22-13/h4-5,10H,3,6-9,11H2,1-2H3. The maximum atomic E-state index is 12.7. The minimum Gasteiger partial charge on any atom is -0.469 e. The van der Waals surface area contributed by atoms with E-state index in [1.807, 2.05) is 0 Å². The summed E-state index contributed by atoms with van der Waals surface area (Å²) >= 11 is 0. The van der Waals surface area contributed by atoms with Crippen molar-refractivity contribution in [3.8, 4) is 11.5 Å². The molecule has 0 saturated carbocycles. The number of methoxy groups -OCH3 is 2. The van der Waals surface area contributed by atoms with Gasteiger partial charge in [0.05, 0.1) is 13.5 Å². The summed E-state index contributed by atoms with van der Waals surface area (Å²) in [5.41, 5.74) is 0.497. The Hall–Kier alpha value is -2.28. The van der Waals surface area contributed by atoms with Crippen LogP contribution in [-0.2, 0) is 14.3 Å². The van der Waals surface area contributed by atoms with Crippen molar-refractivity contribution in [1.29, 1.82) is 0 Å². The first-order valence-corrected chi connectivity index (χ1v) is 7.40. The van der Waals surface area contributed by atoms with Gasteiger partial charge in [0.15, 0.2) is 11.5 Å². The van der Waals surface area contributed by atoms with Gasteiger partial charge in [0.2, 0.25) is 6.79 Å². The highest BCUT2D eigenvalue weighted by molar-refractivity contribution is 5.95. The van der Waals surface area contributed by atoms with Crippen LogP contribution in [0.1, 0.15) is 23.2 Å². The lowest BCUT2D eigenvalue weighted by atomic mass is 10.1. The van der Waals surface area contributed by atoms with Gasteiger partial charge in [-0.15, -0.1) is 0 Å². The van der Waals surface area contributed by atoms with Crippen molar-refractivity contribution >= 4 is 11.9 Å². The van der Waals surface area contributed by atoms with Gasteiger partial charge in [-0.25, -0.2) is 0 Å². The second-order valence-corrected chi connectivity index (χ2v) is 5.03. The first kappa shape index (κ1) is 17.1. The third-order valence-electron chi connectivity index (χ3n) is 3.50. The Labute approximate surface area is 135 Å². The van der Waals surface area contributed by atoms with Crippen LogP contribution in [0, 0.1) is 0 Å². The van der Waals surface area contributed by atoms with Crippen molar-refractivity contribution in [1.82, 2.24) is 4.90 Å². The third-order valence-corrected chi connectivity index (χ3v) is 3.50. The number of rotatable bonds is 8. The van der Waals surface area contributed by atoms with Crippen LogP contribution in [0.15, 0.2) is 18.2 Å². The molecule has 0 bridgehead atoms. The average Bonchev–Trinajstić information content (AvgIpc) is 3.04. The molecule has 0 fully saturated rings. The zero-order valence-corrected chi connectivity index (χ0v) is 13.4. The van der Waals surface area contributed by atoms with Crippen LogP contribution in [0.3, 0.4) is 0 Å². The number of benzene rings is 1. The van der Waals surface area contributed by atoms with Gasteiger partial charge in [0.25, 0.3) is 5.91 Å². The maximum Gasteiger partial charge on any atom is 0.307 e. The summed E-state index contributed by atoms with van der Waals surface area (Å²) in [7, 11) is 2.94. The molecule has 1 amide bonds. The Kier molecular flexibility index (Phi) is 6.22. The predicted octanol–water partition coefficient (Wildman–Crippen LogP) is 1.46. The number of amides is 1. The molecule has 0 aromatic heterocycles. The number of hydrogen-bond donors (Lipinski definition) is 0. The number of ether oxygens (including phenoxy) is 4. The molecule has 0 unspecified atom stereocenters. The van der Waals surface area contributed by atoms with E-state index >= 15 is 0 Å². The molecule has 1 aromatic carbocycles. The van der Waals surface area contributed by atoms with Crippen molar-refractivity contribution in [2.45, 2.75) is 12.8 Å². The first-order valence-electron chi connectivity index (χ1n) is 7.40. The predicted molar refractivity (Wildman–Crippen MR) is 81.6 cm³/mol. The molecule has 1 aliphatic rings. The molecule has 0 radical (unpaired) electrons. The van der Waals surface area contributed by atoms with E-state index in [1.54, 1.807) is 30.2 Å². The summed E-state index contributed by atoms with van der Waals surface area (Å²) in [6, 6.07) is 5.06. The van der Waals surface area contributed by atoms with Crippen LogP contribution < -0.4 is 9.47 Å². The molecule has 1 aromatic rings. The lowest BCUT2D eigenvalue weighted by molar-refractivity contribution is -0.140. The van der Waals surface area contributed by atoms with Crippen molar-refractivity contribution in [3.05, 3.63) is 23.8 Å². The highest BCUT2D eigenvalue weighted by atomic mass is 16.7. The fraction of sp³-hybridized carbons (Fsp3) is 0.500. The Morgan fingerprint density at radius 2 is 1.96 bits per heavy atom. The highest BCUT2D eigenvalue weighted by Gasteiger charge is 2.20. The molecule has 7 nitrogen and oxygen atoms in total.